The van der Waals surface area contributed by atoms with Crippen molar-refractivity contribution in [1.29, 1.82) is 0 Å². The number of hydrogen-bond donors (Lipinski definition) is 3. The highest BCUT2D eigenvalue weighted by Gasteiger charge is 2.16. The van der Waals surface area contributed by atoms with Gasteiger partial charge in [-0.1, -0.05) is 5.16 Å². The molecule has 0 saturated heterocycles. The normalized spacial score (nSPS) is 11.5. The fourth-order valence-electron chi connectivity index (χ4n) is 1.26. The molecular formula is C9H11N5O3. The summed E-state index contributed by atoms with van der Waals surface area (Å²) in [6.07, 6.45) is 1.56. The second-order valence-corrected chi connectivity index (χ2v) is 3.09. The molecule has 0 atom stereocenters. The Kier molecular flexibility index (Phi) is 3.24. The zero-order valence-corrected chi connectivity index (χ0v) is 9.04. The van der Waals surface area contributed by atoms with Gasteiger partial charge >= 0.3 is 0 Å². The van der Waals surface area contributed by atoms with Gasteiger partial charge in [-0.05, 0) is 22.4 Å². The Morgan fingerprint density at radius 1 is 1.53 bits per heavy atom. The largest absolute Gasteiger partial charge is 0.467 e. The first kappa shape index (κ1) is 11.0. The lowest BCUT2D eigenvalue weighted by Gasteiger charge is -2.04. The van der Waals surface area contributed by atoms with E-state index in [-0.39, 0.29) is 5.84 Å². The third kappa shape index (κ3) is 2.36. The van der Waals surface area contributed by atoms with Crippen LogP contribution in [-0.4, -0.2) is 28.4 Å². The van der Waals surface area contributed by atoms with Gasteiger partial charge in [0.1, 0.15) is 5.76 Å². The number of hydrogen-bond acceptors (Lipinski definition) is 7. The average molecular weight is 237 g/mol. The molecular weight excluding hydrogens is 226 g/mol. The number of anilines is 1. The Hall–Kier alpha value is -2.51. The fraction of sp³-hybridized carbons (Fsp3) is 0.222. The van der Waals surface area contributed by atoms with Crippen LogP contribution < -0.4 is 10.6 Å². The van der Waals surface area contributed by atoms with Crippen LogP contribution in [0.4, 0.5) is 5.82 Å². The van der Waals surface area contributed by atoms with Gasteiger partial charge < -0.3 is 20.3 Å². The van der Waals surface area contributed by atoms with Crippen LogP contribution in [0.1, 0.15) is 11.5 Å². The molecule has 3 N–H and O–H groups in total. The van der Waals surface area contributed by atoms with Crippen molar-refractivity contribution in [3.63, 3.8) is 0 Å². The van der Waals surface area contributed by atoms with Gasteiger partial charge in [-0.3, -0.25) is 0 Å². The van der Waals surface area contributed by atoms with Crippen LogP contribution >= 0.6 is 0 Å². The highest BCUT2D eigenvalue weighted by molar-refractivity contribution is 6.00. The molecule has 0 saturated carbocycles. The molecule has 0 spiro atoms. The van der Waals surface area contributed by atoms with Crippen LogP contribution in [0.3, 0.4) is 0 Å². The Morgan fingerprint density at radius 2 is 2.41 bits per heavy atom. The van der Waals surface area contributed by atoms with Crippen molar-refractivity contribution < 1.29 is 14.3 Å². The zero-order chi connectivity index (χ0) is 12.1. The standard InChI is InChI=1S/C9H11N5O3/c1-10-8-7(13-17-14-8)9(12-15)11-5-6-3-2-4-16-6/h2-4,15H,5H2,1H3,(H,10,14)(H,11,12). The van der Waals surface area contributed by atoms with Crippen LogP contribution in [0.2, 0.25) is 0 Å². The molecule has 90 valence electrons. The molecule has 2 aromatic heterocycles. The summed E-state index contributed by atoms with van der Waals surface area (Å²) < 4.78 is 9.67. The van der Waals surface area contributed by atoms with E-state index in [1.54, 1.807) is 25.4 Å². The van der Waals surface area contributed by atoms with Gasteiger partial charge in [-0.2, -0.15) is 0 Å². The van der Waals surface area contributed by atoms with Crippen molar-refractivity contribution >= 4 is 11.7 Å². The molecule has 0 aromatic carbocycles. The monoisotopic (exact) mass is 237 g/mol. The smallest absolute Gasteiger partial charge is 0.202 e. The highest BCUT2D eigenvalue weighted by atomic mass is 16.6. The van der Waals surface area contributed by atoms with Gasteiger partial charge in [0.15, 0.2) is 11.5 Å². The number of aromatic nitrogens is 2. The fourth-order valence-corrected chi connectivity index (χ4v) is 1.26. The number of amidine groups is 1. The van der Waals surface area contributed by atoms with E-state index in [0.29, 0.717) is 23.8 Å². The number of nitrogens with one attached hydrogen (secondary N) is 2. The molecule has 0 unspecified atom stereocenters. The van der Waals surface area contributed by atoms with Crippen molar-refractivity contribution in [3.05, 3.63) is 29.9 Å². The summed E-state index contributed by atoms with van der Waals surface area (Å²) >= 11 is 0. The summed E-state index contributed by atoms with van der Waals surface area (Å²) in [5, 5.41) is 24.8. The maximum atomic E-state index is 8.90. The Morgan fingerprint density at radius 3 is 3.06 bits per heavy atom. The predicted octanol–water partition coefficient (Wildman–Crippen LogP) is 0.630. The third-order valence-corrected chi connectivity index (χ3v) is 2.06. The minimum atomic E-state index is 0.145. The lowest BCUT2D eigenvalue weighted by Crippen LogP contribution is -2.25. The van der Waals surface area contributed by atoms with Crippen molar-refractivity contribution in [2.75, 3.05) is 12.4 Å². The van der Waals surface area contributed by atoms with Crippen molar-refractivity contribution in [2.45, 2.75) is 6.54 Å². The summed E-state index contributed by atoms with van der Waals surface area (Å²) in [7, 11) is 1.66. The molecule has 0 aliphatic heterocycles. The maximum Gasteiger partial charge on any atom is 0.202 e. The van der Waals surface area contributed by atoms with Crippen molar-refractivity contribution in [2.24, 2.45) is 5.16 Å². The first-order valence-corrected chi connectivity index (χ1v) is 4.84. The third-order valence-electron chi connectivity index (χ3n) is 2.06. The van der Waals surface area contributed by atoms with Crippen LogP contribution in [0.5, 0.6) is 0 Å². The molecule has 0 aliphatic carbocycles. The van der Waals surface area contributed by atoms with Crippen LogP contribution in [0, 0.1) is 0 Å². The van der Waals surface area contributed by atoms with E-state index < -0.39 is 0 Å². The molecule has 8 heteroatoms. The topological polar surface area (TPSA) is 109 Å². The number of nitrogens with zero attached hydrogens (tertiary/aromatic N) is 3. The van der Waals surface area contributed by atoms with E-state index in [0.717, 1.165) is 0 Å². The van der Waals surface area contributed by atoms with Crippen molar-refractivity contribution in [1.82, 2.24) is 15.6 Å². The van der Waals surface area contributed by atoms with Gasteiger partial charge in [0, 0.05) is 7.05 Å². The molecule has 2 heterocycles. The van der Waals surface area contributed by atoms with E-state index in [9.17, 15) is 0 Å². The second-order valence-electron chi connectivity index (χ2n) is 3.09. The molecule has 0 amide bonds. The molecule has 0 fully saturated rings. The molecule has 2 aromatic rings. The lowest BCUT2D eigenvalue weighted by atomic mass is 10.3. The first-order valence-electron chi connectivity index (χ1n) is 4.84. The summed E-state index contributed by atoms with van der Waals surface area (Å²) in [4.78, 5) is 0. The predicted molar refractivity (Wildman–Crippen MR) is 57.7 cm³/mol. The summed E-state index contributed by atoms with van der Waals surface area (Å²) in [6.45, 7) is 0.363. The van der Waals surface area contributed by atoms with Gasteiger partial charge in [0.2, 0.25) is 5.82 Å². The van der Waals surface area contributed by atoms with Gasteiger partial charge in [-0.15, -0.1) is 0 Å². The first-order chi connectivity index (χ1) is 8.35. The average Bonchev–Trinajstić information content (AvgIpc) is 3.00. The number of rotatable bonds is 4. The highest BCUT2D eigenvalue weighted by Crippen LogP contribution is 2.09. The Labute approximate surface area is 96.3 Å². The molecule has 17 heavy (non-hydrogen) atoms. The molecule has 8 nitrogen and oxygen atoms in total. The van der Waals surface area contributed by atoms with E-state index in [1.165, 1.54) is 0 Å². The zero-order valence-electron chi connectivity index (χ0n) is 9.04. The van der Waals surface area contributed by atoms with E-state index in [2.05, 4.69) is 30.7 Å². The Balaban J connectivity index is 2.07. The molecule has 2 rings (SSSR count). The second kappa shape index (κ2) is 5.01. The maximum absolute atomic E-state index is 8.90. The SMILES string of the molecule is CNc1nonc1/C(=N/O)NCc1ccco1. The number of oxime groups is 1. The van der Waals surface area contributed by atoms with E-state index in [1.807, 2.05) is 0 Å². The minimum Gasteiger partial charge on any atom is -0.467 e. The minimum absolute atomic E-state index is 0.145. The Bertz CT molecular complexity index is 490. The van der Waals surface area contributed by atoms with E-state index in [4.69, 9.17) is 9.62 Å². The molecule has 0 bridgehead atoms. The van der Waals surface area contributed by atoms with Gasteiger partial charge in [0.25, 0.3) is 0 Å². The quantitative estimate of drug-likeness (QED) is 0.309. The van der Waals surface area contributed by atoms with Gasteiger partial charge in [-0.25, -0.2) is 4.63 Å². The van der Waals surface area contributed by atoms with Crippen LogP contribution in [0.15, 0.2) is 32.6 Å². The molecule has 0 aliphatic rings. The van der Waals surface area contributed by atoms with Crippen LogP contribution in [-0.2, 0) is 6.54 Å². The summed E-state index contributed by atoms with van der Waals surface area (Å²) in [5.74, 6) is 1.23. The summed E-state index contributed by atoms with van der Waals surface area (Å²) in [6, 6.07) is 3.56. The summed E-state index contributed by atoms with van der Waals surface area (Å²) in [5.41, 5.74) is 0.293. The number of furan rings is 1. The van der Waals surface area contributed by atoms with Gasteiger partial charge in [0.05, 0.1) is 12.8 Å². The van der Waals surface area contributed by atoms with E-state index >= 15 is 0 Å². The molecule has 0 radical (unpaired) electrons. The van der Waals surface area contributed by atoms with Crippen LogP contribution in [0.25, 0.3) is 0 Å². The lowest BCUT2D eigenvalue weighted by molar-refractivity contribution is 0.303. The van der Waals surface area contributed by atoms with Crippen molar-refractivity contribution in [3.8, 4) is 0 Å².